The number of amides is 1. The number of nitrogens with zero attached hydrogens (tertiary/aromatic N) is 1. The van der Waals surface area contributed by atoms with Crippen LogP contribution in [0.2, 0.25) is 0 Å². The number of aromatic nitrogens is 1. The van der Waals surface area contributed by atoms with Crippen LogP contribution >= 0.6 is 11.3 Å². The molecule has 0 saturated carbocycles. The van der Waals surface area contributed by atoms with Gasteiger partial charge in [-0.2, -0.15) is 0 Å². The summed E-state index contributed by atoms with van der Waals surface area (Å²) in [5.74, 6) is -1.62. The summed E-state index contributed by atoms with van der Waals surface area (Å²) in [7, 11) is 0. The molecule has 0 bridgehead atoms. The smallest absolute Gasteiger partial charge is 0.333 e. The van der Waals surface area contributed by atoms with Crippen LogP contribution in [0.3, 0.4) is 0 Å². The van der Waals surface area contributed by atoms with Crippen molar-refractivity contribution < 1.29 is 18.7 Å². The van der Waals surface area contributed by atoms with Crippen LogP contribution in [0.1, 0.15) is 38.8 Å². The van der Waals surface area contributed by atoms with Crippen molar-refractivity contribution in [1.82, 2.24) is 4.57 Å². The summed E-state index contributed by atoms with van der Waals surface area (Å²) in [6, 6.07) is 13.3. The fourth-order valence-electron chi connectivity index (χ4n) is 3.22. The first kappa shape index (κ1) is 25.1. The lowest BCUT2D eigenvalue weighted by atomic mass is 9.87. The molecule has 3 aromatic rings. The molecule has 0 fully saturated rings. The lowest BCUT2D eigenvalue weighted by molar-refractivity contribution is -0.135. The van der Waals surface area contributed by atoms with Gasteiger partial charge in [-0.25, -0.2) is 9.18 Å². The molecule has 0 atom stereocenters. The number of carbonyl (C=O) groups is 2. The van der Waals surface area contributed by atoms with Gasteiger partial charge in [0.15, 0.2) is 0 Å². The minimum atomic E-state index is -0.607. The topological polar surface area (TPSA) is 77.4 Å². The third kappa shape index (κ3) is 6.51. The Kier molecular flexibility index (Phi) is 7.83. The normalized spacial score (nSPS) is 12.6. The average molecular weight is 483 g/mol. The number of benzene rings is 2. The highest BCUT2D eigenvalue weighted by molar-refractivity contribution is 7.07. The number of anilines is 1. The molecule has 3 rings (SSSR count). The van der Waals surface area contributed by atoms with Gasteiger partial charge in [0, 0.05) is 5.69 Å². The zero-order valence-electron chi connectivity index (χ0n) is 19.6. The Morgan fingerprint density at radius 3 is 2.47 bits per heavy atom. The van der Waals surface area contributed by atoms with Crippen molar-refractivity contribution in [2.45, 2.75) is 39.7 Å². The van der Waals surface area contributed by atoms with E-state index in [2.05, 4.69) is 26.1 Å². The summed E-state index contributed by atoms with van der Waals surface area (Å²) in [6.45, 7) is 7.89. The van der Waals surface area contributed by atoms with Crippen LogP contribution in [0.25, 0.3) is 12.2 Å². The molecular weight excluding hydrogens is 455 g/mol. The molecule has 1 N–H and O–H groups in total. The van der Waals surface area contributed by atoms with Gasteiger partial charge in [0.1, 0.15) is 17.0 Å². The van der Waals surface area contributed by atoms with Crippen LogP contribution in [-0.4, -0.2) is 23.1 Å². The first-order valence-electron chi connectivity index (χ1n) is 10.8. The van der Waals surface area contributed by atoms with E-state index in [0.717, 1.165) is 16.9 Å². The minimum Gasteiger partial charge on any atom is -0.463 e. The highest BCUT2D eigenvalue weighted by atomic mass is 32.1. The lowest BCUT2D eigenvalue weighted by Gasteiger charge is -2.18. The van der Waals surface area contributed by atoms with E-state index in [4.69, 9.17) is 4.74 Å². The first-order valence-corrected chi connectivity index (χ1v) is 11.6. The molecule has 0 aliphatic heterocycles. The number of hydrogen-bond donors (Lipinski definition) is 1. The summed E-state index contributed by atoms with van der Waals surface area (Å²) in [4.78, 5) is 37.8. The second-order valence-corrected chi connectivity index (χ2v) is 9.73. The van der Waals surface area contributed by atoms with Gasteiger partial charge in [-0.1, -0.05) is 51.1 Å². The summed E-state index contributed by atoms with van der Waals surface area (Å²) in [5.41, 5.74) is 1.86. The zero-order chi connectivity index (χ0) is 24.9. The largest absolute Gasteiger partial charge is 0.463 e. The molecule has 34 heavy (non-hydrogen) atoms. The van der Waals surface area contributed by atoms with Crippen LogP contribution in [-0.2, 0) is 26.3 Å². The van der Waals surface area contributed by atoms with E-state index in [9.17, 15) is 18.8 Å². The molecular formula is C26H27FN2O4S. The van der Waals surface area contributed by atoms with Crippen molar-refractivity contribution in [3.8, 4) is 0 Å². The van der Waals surface area contributed by atoms with Crippen molar-refractivity contribution in [3.05, 3.63) is 85.0 Å². The Balaban J connectivity index is 1.99. The Morgan fingerprint density at radius 2 is 1.85 bits per heavy atom. The molecule has 0 unspecified atom stereocenters. The average Bonchev–Trinajstić information content (AvgIpc) is 3.02. The van der Waals surface area contributed by atoms with Gasteiger partial charge >= 0.3 is 5.97 Å². The molecule has 0 spiro atoms. The van der Waals surface area contributed by atoms with Gasteiger partial charge in [0.25, 0.3) is 5.56 Å². The Hall–Kier alpha value is -3.52. The van der Waals surface area contributed by atoms with Crippen LogP contribution in [0.15, 0.2) is 53.3 Å². The Labute approximate surface area is 201 Å². The number of halogens is 1. The molecule has 8 heteroatoms. The Morgan fingerprint density at radius 1 is 1.15 bits per heavy atom. The summed E-state index contributed by atoms with van der Waals surface area (Å²) >= 11 is 1.09. The van der Waals surface area contributed by atoms with Crippen molar-refractivity contribution in [2.24, 2.45) is 0 Å². The summed E-state index contributed by atoms with van der Waals surface area (Å²) in [6.07, 6.45) is 2.92. The van der Waals surface area contributed by atoms with E-state index < -0.39 is 23.3 Å². The van der Waals surface area contributed by atoms with Gasteiger partial charge in [-0.05, 0) is 47.7 Å². The molecule has 6 nitrogen and oxygen atoms in total. The van der Waals surface area contributed by atoms with Crippen LogP contribution in [0.5, 0.6) is 0 Å². The maximum Gasteiger partial charge on any atom is 0.333 e. The third-order valence-corrected chi connectivity index (χ3v) is 6.01. The molecule has 0 radical (unpaired) electrons. The fourth-order valence-corrected chi connectivity index (χ4v) is 4.25. The van der Waals surface area contributed by atoms with Crippen LogP contribution < -0.4 is 20.1 Å². The van der Waals surface area contributed by atoms with E-state index in [1.807, 2.05) is 24.3 Å². The highest BCUT2D eigenvalue weighted by Crippen LogP contribution is 2.22. The maximum absolute atomic E-state index is 13.4. The van der Waals surface area contributed by atoms with E-state index >= 15 is 0 Å². The summed E-state index contributed by atoms with van der Waals surface area (Å²) in [5, 5.41) is 2.57. The van der Waals surface area contributed by atoms with Gasteiger partial charge in [-0.3, -0.25) is 14.2 Å². The van der Waals surface area contributed by atoms with Crippen molar-refractivity contribution >= 4 is 41.1 Å². The number of rotatable bonds is 6. The molecule has 0 aliphatic carbocycles. The van der Waals surface area contributed by atoms with Gasteiger partial charge in [0.2, 0.25) is 5.91 Å². The molecule has 1 heterocycles. The number of hydrogen-bond acceptors (Lipinski definition) is 5. The standard InChI is InChI=1S/C26H27FN2O4S/c1-5-33-24(31)15-23-29(16-22(30)28-20-8-6-7-19(27)14-20)25(32)21(34-23)13-17-9-11-18(12-10-17)26(2,3)4/h6-15H,5,16H2,1-4H3,(H,28,30)/b21-13+,23-15-. The monoisotopic (exact) mass is 482 g/mol. The molecule has 0 saturated heterocycles. The highest BCUT2D eigenvalue weighted by Gasteiger charge is 2.14. The number of ether oxygens (including phenoxy) is 1. The molecule has 0 aliphatic rings. The SMILES string of the molecule is CCOC(=O)/C=c1\s/c(=C/c2ccc(C(C)(C)C)cc2)c(=O)n1CC(=O)Nc1cccc(F)c1. The Bertz CT molecular complexity index is 1370. The molecule has 2 aromatic carbocycles. The van der Waals surface area contributed by atoms with Crippen LogP contribution in [0, 0.1) is 5.82 Å². The van der Waals surface area contributed by atoms with Crippen molar-refractivity contribution in [3.63, 3.8) is 0 Å². The fraction of sp³-hybridized carbons (Fsp3) is 0.269. The van der Waals surface area contributed by atoms with E-state index in [-0.39, 0.29) is 28.9 Å². The third-order valence-electron chi connectivity index (χ3n) is 4.95. The van der Waals surface area contributed by atoms with Crippen molar-refractivity contribution in [2.75, 3.05) is 11.9 Å². The molecule has 1 aromatic heterocycles. The maximum atomic E-state index is 13.4. The first-order chi connectivity index (χ1) is 16.1. The van der Waals surface area contributed by atoms with Crippen LogP contribution in [0.4, 0.5) is 10.1 Å². The van der Waals surface area contributed by atoms with E-state index in [1.54, 1.807) is 19.1 Å². The molecule has 1 amide bonds. The summed E-state index contributed by atoms with van der Waals surface area (Å²) < 4.78 is 20.3. The predicted octanol–water partition coefficient (Wildman–Crippen LogP) is 3.16. The number of esters is 1. The number of nitrogens with one attached hydrogen (secondary N) is 1. The van der Waals surface area contributed by atoms with E-state index in [1.165, 1.54) is 34.4 Å². The minimum absolute atomic E-state index is 0.00494. The van der Waals surface area contributed by atoms with Crippen molar-refractivity contribution in [1.29, 1.82) is 0 Å². The van der Waals surface area contributed by atoms with Gasteiger partial charge in [-0.15, -0.1) is 11.3 Å². The zero-order valence-corrected chi connectivity index (χ0v) is 20.4. The number of carbonyl (C=O) groups excluding carboxylic acids is 2. The number of thiazole rings is 1. The van der Waals surface area contributed by atoms with Gasteiger partial charge in [0.05, 0.1) is 17.2 Å². The van der Waals surface area contributed by atoms with E-state index in [0.29, 0.717) is 4.53 Å². The second-order valence-electron chi connectivity index (χ2n) is 8.67. The molecule has 178 valence electrons. The second kappa shape index (κ2) is 10.6. The lowest BCUT2D eigenvalue weighted by Crippen LogP contribution is -2.36. The predicted molar refractivity (Wildman–Crippen MR) is 133 cm³/mol. The van der Waals surface area contributed by atoms with Gasteiger partial charge < -0.3 is 10.1 Å². The quantitative estimate of drug-likeness (QED) is 0.548.